The van der Waals surface area contributed by atoms with E-state index in [0.717, 1.165) is 12.1 Å². The molecule has 5 nitrogen and oxygen atoms in total. The van der Waals surface area contributed by atoms with Crippen molar-refractivity contribution in [3.63, 3.8) is 0 Å². The summed E-state index contributed by atoms with van der Waals surface area (Å²) in [6.45, 7) is 0. The quantitative estimate of drug-likeness (QED) is 0.758. The van der Waals surface area contributed by atoms with Crippen LogP contribution in [0.3, 0.4) is 0 Å². The van der Waals surface area contributed by atoms with E-state index in [1.807, 2.05) is 0 Å². The number of alkyl halides is 3. The summed E-state index contributed by atoms with van der Waals surface area (Å²) in [5.74, 6) is -7.64. The summed E-state index contributed by atoms with van der Waals surface area (Å²) in [6.07, 6.45) is -11.1. The average Bonchev–Trinajstić information content (AvgIpc) is 2.70. The summed E-state index contributed by atoms with van der Waals surface area (Å²) in [7, 11) is 0. The predicted octanol–water partition coefficient (Wildman–Crippen LogP) is 1.48. The lowest BCUT2D eigenvalue weighted by Crippen LogP contribution is -2.40. The van der Waals surface area contributed by atoms with Crippen LogP contribution in [0.2, 0.25) is 0 Å². The van der Waals surface area contributed by atoms with Crippen LogP contribution in [0.25, 0.3) is 0 Å². The van der Waals surface area contributed by atoms with Gasteiger partial charge in [0.15, 0.2) is 23.5 Å². The largest absolute Gasteiger partial charge is 0.415 e. The van der Waals surface area contributed by atoms with Gasteiger partial charge in [0.05, 0.1) is 12.0 Å². The van der Waals surface area contributed by atoms with Gasteiger partial charge in [-0.3, -0.25) is 4.79 Å². The minimum atomic E-state index is -5.32. The van der Waals surface area contributed by atoms with Gasteiger partial charge in [-0.2, -0.15) is 23.7 Å². The van der Waals surface area contributed by atoms with Gasteiger partial charge in [-0.1, -0.05) is 0 Å². The standard InChI is InChI=1S/C13H5F5N2O3/c14-8-3(1-19)5-6(9(15)4(8)2-20)11(22)7(10(5)21)12(23)13(16,17)18/h7,11-12,22-23H. The molecule has 0 aliphatic heterocycles. The molecule has 1 aromatic rings. The second-order valence-corrected chi connectivity index (χ2v) is 4.71. The normalized spacial score (nSPS) is 21.5. The van der Waals surface area contributed by atoms with Crippen LogP contribution in [0.5, 0.6) is 0 Å². The van der Waals surface area contributed by atoms with Crippen LogP contribution < -0.4 is 0 Å². The highest BCUT2D eigenvalue weighted by Crippen LogP contribution is 2.45. The fourth-order valence-corrected chi connectivity index (χ4v) is 2.46. The monoisotopic (exact) mass is 332 g/mol. The minimum Gasteiger partial charge on any atom is -0.387 e. The molecule has 10 heteroatoms. The molecule has 3 unspecified atom stereocenters. The lowest BCUT2D eigenvalue weighted by molar-refractivity contribution is -0.221. The first-order valence-corrected chi connectivity index (χ1v) is 5.90. The van der Waals surface area contributed by atoms with Gasteiger partial charge in [0.2, 0.25) is 0 Å². The van der Waals surface area contributed by atoms with Crippen molar-refractivity contribution in [2.24, 2.45) is 5.92 Å². The highest BCUT2D eigenvalue weighted by atomic mass is 19.4. The molecule has 1 aliphatic rings. The lowest BCUT2D eigenvalue weighted by atomic mass is 9.95. The molecule has 0 aromatic heterocycles. The molecule has 0 amide bonds. The number of nitriles is 2. The Kier molecular flexibility index (Phi) is 3.85. The van der Waals surface area contributed by atoms with Gasteiger partial charge in [-0.15, -0.1) is 0 Å². The number of Topliss-reactive ketones (excluding diaryl/α,β-unsaturated/α-hetero) is 1. The number of rotatable bonds is 1. The Morgan fingerprint density at radius 1 is 1.09 bits per heavy atom. The topological polar surface area (TPSA) is 105 Å². The van der Waals surface area contributed by atoms with E-state index < -0.39 is 64.0 Å². The van der Waals surface area contributed by atoms with Crippen LogP contribution in [0.4, 0.5) is 22.0 Å². The van der Waals surface area contributed by atoms with Crippen LogP contribution in [0.1, 0.15) is 33.2 Å². The fourth-order valence-electron chi connectivity index (χ4n) is 2.46. The second kappa shape index (κ2) is 5.26. The number of carbonyl (C=O) groups is 1. The number of aliphatic hydroxyl groups excluding tert-OH is 2. The molecule has 0 fully saturated rings. The summed E-state index contributed by atoms with van der Waals surface area (Å²) in [4.78, 5) is 12.0. The number of carbonyl (C=O) groups excluding carboxylic acids is 1. The number of halogens is 5. The summed E-state index contributed by atoms with van der Waals surface area (Å²) in [5, 5.41) is 36.5. The molecule has 2 N–H and O–H groups in total. The molecule has 1 aliphatic carbocycles. The van der Waals surface area contributed by atoms with Gasteiger partial charge in [-0.05, 0) is 0 Å². The Morgan fingerprint density at radius 2 is 1.61 bits per heavy atom. The second-order valence-electron chi connectivity index (χ2n) is 4.71. The number of ketones is 1. The van der Waals surface area contributed by atoms with Crippen LogP contribution in [0, 0.1) is 40.2 Å². The number of hydrogen-bond acceptors (Lipinski definition) is 5. The van der Waals surface area contributed by atoms with Crippen molar-refractivity contribution in [2.75, 3.05) is 0 Å². The summed E-state index contributed by atoms with van der Waals surface area (Å²) >= 11 is 0. The van der Waals surface area contributed by atoms with Crippen molar-refractivity contribution in [3.05, 3.63) is 33.9 Å². The molecule has 0 spiro atoms. The first-order chi connectivity index (χ1) is 10.6. The summed E-state index contributed by atoms with van der Waals surface area (Å²) in [6, 6.07) is 2.23. The van der Waals surface area contributed by atoms with E-state index in [0.29, 0.717) is 0 Å². The molecule has 3 atom stereocenters. The van der Waals surface area contributed by atoms with Crippen LogP contribution in [0.15, 0.2) is 0 Å². The zero-order valence-corrected chi connectivity index (χ0v) is 10.8. The van der Waals surface area contributed by atoms with E-state index in [9.17, 15) is 37.0 Å². The van der Waals surface area contributed by atoms with Crippen LogP contribution in [-0.4, -0.2) is 28.3 Å². The van der Waals surface area contributed by atoms with Crippen molar-refractivity contribution in [2.45, 2.75) is 18.4 Å². The predicted molar refractivity (Wildman–Crippen MR) is 60.6 cm³/mol. The first kappa shape index (κ1) is 16.8. The van der Waals surface area contributed by atoms with Crippen molar-refractivity contribution in [1.82, 2.24) is 0 Å². The number of hydrogen-bond donors (Lipinski definition) is 2. The van der Waals surface area contributed by atoms with Crippen molar-refractivity contribution in [3.8, 4) is 12.1 Å². The van der Waals surface area contributed by atoms with Gasteiger partial charge < -0.3 is 10.2 Å². The van der Waals surface area contributed by atoms with Crippen LogP contribution in [-0.2, 0) is 0 Å². The van der Waals surface area contributed by atoms with E-state index in [1.54, 1.807) is 0 Å². The van der Waals surface area contributed by atoms with E-state index in [-0.39, 0.29) is 0 Å². The third-order valence-electron chi connectivity index (χ3n) is 3.50. The van der Waals surface area contributed by atoms with E-state index in [4.69, 9.17) is 10.5 Å². The van der Waals surface area contributed by atoms with Crippen LogP contribution >= 0.6 is 0 Å². The number of nitrogens with zero attached hydrogens (tertiary/aromatic N) is 2. The molecular weight excluding hydrogens is 327 g/mol. The Bertz CT molecular complexity index is 791. The molecule has 2 rings (SSSR count). The molecular formula is C13H5F5N2O3. The van der Waals surface area contributed by atoms with Gasteiger partial charge in [0, 0.05) is 11.1 Å². The fraction of sp³-hybridized carbons (Fsp3) is 0.308. The molecule has 0 bridgehead atoms. The zero-order valence-electron chi connectivity index (χ0n) is 10.8. The van der Waals surface area contributed by atoms with Crippen molar-refractivity contribution < 1.29 is 37.0 Å². The first-order valence-electron chi connectivity index (χ1n) is 5.90. The highest BCUT2D eigenvalue weighted by Gasteiger charge is 2.55. The third-order valence-corrected chi connectivity index (χ3v) is 3.50. The maximum Gasteiger partial charge on any atom is 0.415 e. The Labute approximate surface area is 124 Å². The smallest absolute Gasteiger partial charge is 0.387 e. The van der Waals surface area contributed by atoms with Crippen molar-refractivity contribution >= 4 is 5.78 Å². The van der Waals surface area contributed by atoms with Gasteiger partial charge in [-0.25, -0.2) is 8.78 Å². The van der Waals surface area contributed by atoms with E-state index >= 15 is 0 Å². The minimum absolute atomic E-state index is 1.07. The maximum atomic E-state index is 14.1. The molecule has 23 heavy (non-hydrogen) atoms. The Morgan fingerprint density at radius 3 is 2.04 bits per heavy atom. The summed E-state index contributed by atoms with van der Waals surface area (Å²) in [5.41, 5.74) is -4.66. The molecule has 120 valence electrons. The molecule has 0 saturated heterocycles. The lowest BCUT2D eigenvalue weighted by Gasteiger charge is -2.22. The molecule has 1 aromatic carbocycles. The average molecular weight is 332 g/mol. The van der Waals surface area contributed by atoms with Gasteiger partial charge in [0.25, 0.3) is 0 Å². The highest BCUT2D eigenvalue weighted by molar-refractivity contribution is 6.05. The number of aliphatic hydroxyl groups is 2. The summed E-state index contributed by atoms with van der Waals surface area (Å²) < 4.78 is 65.6. The zero-order chi connectivity index (χ0) is 17.7. The Hall–Kier alpha value is -2.56. The van der Waals surface area contributed by atoms with Crippen molar-refractivity contribution in [1.29, 1.82) is 10.5 Å². The molecule has 0 heterocycles. The number of benzene rings is 1. The van der Waals surface area contributed by atoms with E-state index in [1.165, 1.54) is 0 Å². The number of fused-ring (bicyclic) bond motifs is 1. The SMILES string of the molecule is N#Cc1c(F)c(C#N)c2c(c1F)C(O)C(C(O)C(F)(F)F)C2=O. The molecule has 0 saturated carbocycles. The third kappa shape index (κ3) is 2.23. The maximum absolute atomic E-state index is 14.1. The molecule has 0 radical (unpaired) electrons. The Balaban J connectivity index is 2.78. The van der Waals surface area contributed by atoms with Gasteiger partial charge >= 0.3 is 6.18 Å². The van der Waals surface area contributed by atoms with Gasteiger partial charge in [0.1, 0.15) is 23.3 Å². The van der Waals surface area contributed by atoms with E-state index in [2.05, 4.69) is 0 Å².